The topological polar surface area (TPSA) is 59.8 Å². The second-order valence-electron chi connectivity index (χ2n) is 6.17. The van der Waals surface area contributed by atoms with Gasteiger partial charge in [0.25, 0.3) is 0 Å². The van der Waals surface area contributed by atoms with Crippen LogP contribution in [-0.4, -0.2) is 20.9 Å². The van der Waals surface area contributed by atoms with E-state index in [4.69, 9.17) is 0 Å². The molecule has 1 heterocycles. The molecule has 1 atom stereocenters. The zero-order valence-corrected chi connectivity index (χ0v) is 14.5. The van der Waals surface area contributed by atoms with Gasteiger partial charge in [-0.2, -0.15) is 15.0 Å². The Morgan fingerprint density at radius 1 is 1.04 bits per heavy atom. The lowest BCUT2D eigenvalue weighted by molar-refractivity contribution is -0.124. The normalized spacial score (nSPS) is 11.9. The van der Waals surface area contributed by atoms with Crippen molar-refractivity contribution in [3.63, 3.8) is 0 Å². The number of aryl methyl sites for hydroxylation is 1. The Hall–Kier alpha value is -2.95. The van der Waals surface area contributed by atoms with E-state index in [9.17, 15) is 4.79 Å². The van der Waals surface area contributed by atoms with Crippen molar-refractivity contribution in [1.82, 2.24) is 20.3 Å². The quantitative estimate of drug-likeness (QED) is 0.754. The van der Waals surface area contributed by atoms with E-state index in [0.29, 0.717) is 6.54 Å². The number of hydrogen-bond donors (Lipinski definition) is 1. The van der Waals surface area contributed by atoms with Crippen molar-refractivity contribution in [3.05, 3.63) is 77.6 Å². The molecule has 2 aromatic carbocycles. The molecule has 0 saturated heterocycles. The minimum Gasteiger partial charge on any atom is -0.350 e. The third-order valence-electron chi connectivity index (χ3n) is 4.13. The van der Waals surface area contributed by atoms with Crippen molar-refractivity contribution in [2.45, 2.75) is 26.8 Å². The summed E-state index contributed by atoms with van der Waals surface area (Å²) in [5, 5.41) is 11.9. The molecule has 1 amide bonds. The molecule has 1 N–H and O–H groups in total. The first kappa shape index (κ1) is 16.9. The number of benzene rings is 2. The molecular weight excluding hydrogens is 312 g/mol. The van der Waals surface area contributed by atoms with E-state index < -0.39 is 0 Å². The van der Waals surface area contributed by atoms with Crippen LogP contribution in [0.5, 0.6) is 0 Å². The summed E-state index contributed by atoms with van der Waals surface area (Å²) in [5.41, 5.74) is 3.67. The number of para-hydroxylation sites is 1. The Labute approximate surface area is 147 Å². The molecule has 3 aromatic rings. The molecule has 0 spiro atoms. The van der Waals surface area contributed by atoms with E-state index in [0.717, 1.165) is 29.1 Å². The van der Waals surface area contributed by atoms with Crippen LogP contribution in [0.4, 0.5) is 0 Å². The van der Waals surface area contributed by atoms with Gasteiger partial charge in [-0.05, 0) is 31.0 Å². The minimum atomic E-state index is -0.0909. The Kier molecular flexibility index (Phi) is 5.23. The molecule has 3 rings (SSSR count). The Morgan fingerprint density at radius 2 is 1.68 bits per heavy atom. The Bertz CT molecular complexity index is 827. The van der Waals surface area contributed by atoms with Gasteiger partial charge in [0.05, 0.1) is 17.9 Å². The van der Waals surface area contributed by atoms with Crippen molar-refractivity contribution >= 4 is 5.91 Å². The maximum atomic E-state index is 12.3. The van der Waals surface area contributed by atoms with Gasteiger partial charge in [0.2, 0.25) is 5.91 Å². The van der Waals surface area contributed by atoms with Crippen molar-refractivity contribution in [2.75, 3.05) is 0 Å². The second-order valence-corrected chi connectivity index (χ2v) is 6.17. The molecule has 25 heavy (non-hydrogen) atoms. The van der Waals surface area contributed by atoms with Gasteiger partial charge in [0.1, 0.15) is 5.69 Å². The molecule has 1 unspecified atom stereocenters. The molecule has 5 heteroatoms. The lowest BCUT2D eigenvalue weighted by atomic mass is 10.0. The summed E-state index contributed by atoms with van der Waals surface area (Å²) in [6, 6.07) is 19.8. The van der Waals surface area contributed by atoms with Crippen LogP contribution >= 0.6 is 0 Å². The van der Waals surface area contributed by atoms with Crippen LogP contribution in [0.15, 0.2) is 60.7 Å². The van der Waals surface area contributed by atoms with E-state index in [2.05, 4.69) is 15.5 Å². The van der Waals surface area contributed by atoms with Crippen LogP contribution in [0, 0.1) is 12.8 Å². The number of hydrogen-bond acceptors (Lipinski definition) is 3. The zero-order chi connectivity index (χ0) is 17.6. The maximum Gasteiger partial charge on any atom is 0.223 e. The highest BCUT2D eigenvalue weighted by molar-refractivity contribution is 5.78. The van der Waals surface area contributed by atoms with Crippen molar-refractivity contribution < 1.29 is 4.79 Å². The SMILES string of the molecule is Cc1nn(-c2ccccc2)nc1CNC(=O)C(C)Cc1ccccc1. The lowest BCUT2D eigenvalue weighted by Gasteiger charge is -2.11. The van der Waals surface area contributed by atoms with Gasteiger partial charge < -0.3 is 5.32 Å². The van der Waals surface area contributed by atoms with Gasteiger partial charge >= 0.3 is 0 Å². The van der Waals surface area contributed by atoms with Crippen molar-refractivity contribution in [1.29, 1.82) is 0 Å². The molecule has 0 aliphatic carbocycles. The molecule has 1 aromatic heterocycles. The van der Waals surface area contributed by atoms with E-state index in [1.54, 1.807) is 4.80 Å². The predicted octanol–water partition coefficient (Wildman–Crippen LogP) is 3.07. The Balaban J connectivity index is 1.60. The van der Waals surface area contributed by atoms with Gasteiger partial charge in [-0.25, -0.2) is 0 Å². The summed E-state index contributed by atoms with van der Waals surface area (Å²) >= 11 is 0. The molecule has 0 fully saturated rings. The van der Waals surface area contributed by atoms with E-state index in [1.165, 1.54) is 0 Å². The summed E-state index contributed by atoms with van der Waals surface area (Å²) in [4.78, 5) is 13.9. The number of carbonyl (C=O) groups excluding carboxylic acids is 1. The standard InChI is InChI=1S/C20H22N4O/c1-15(13-17-9-5-3-6-10-17)20(25)21-14-19-16(2)22-24(23-19)18-11-7-4-8-12-18/h3-12,15H,13-14H2,1-2H3,(H,21,25). The van der Waals surface area contributed by atoms with Crippen LogP contribution in [-0.2, 0) is 17.8 Å². The number of carbonyl (C=O) groups is 1. The van der Waals surface area contributed by atoms with Crippen LogP contribution in [0.3, 0.4) is 0 Å². The number of nitrogens with zero attached hydrogens (tertiary/aromatic N) is 3. The van der Waals surface area contributed by atoms with E-state index in [1.807, 2.05) is 74.5 Å². The number of nitrogens with one attached hydrogen (secondary N) is 1. The highest BCUT2D eigenvalue weighted by atomic mass is 16.1. The molecule has 0 aliphatic rings. The van der Waals surface area contributed by atoms with Crippen LogP contribution < -0.4 is 5.32 Å². The molecular formula is C20H22N4O. The molecule has 5 nitrogen and oxygen atoms in total. The number of aromatic nitrogens is 3. The van der Waals surface area contributed by atoms with Gasteiger partial charge in [0, 0.05) is 5.92 Å². The first-order valence-electron chi connectivity index (χ1n) is 8.43. The van der Waals surface area contributed by atoms with Crippen molar-refractivity contribution in [3.8, 4) is 5.69 Å². The highest BCUT2D eigenvalue weighted by Gasteiger charge is 2.15. The summed E-state index contributed by atoms with van der Waals surface area (Å²) < 4.78 is 0. The third kappa shape index (κ3) is 4.32. The Morgan fingerprint density at radius 3 is 2.36 bits per heavy atom. The fourth-order valence-corrected chi connectivity index (χ4v) is 2.65. The summed E-state index contributed by atoms with van der Waals surface area (Å²) in [6.45, 7) is 4.23. The first-order chi connectivity index (χ1) is 12.1. The predicted molar refractivity (Wildman–Crippen MR) is 97.3 cm³/mol. The van der Waals surface area contributed by atoms with Gasteiger partial charge in [-0.1, -0.05) is 55.5 Å². The summed E-state index contributed by atoms with van der Waals surface area (Å²) in [5.74, 6) is -0.0654. The number of amides is 1. The smallest absolute Gasteiger partial charge is 0.223 e. The molecule has 0 aliphatic heterocycles. The van der Waals surface area contributed by atoms with Gasteiger partial charge in [0.15, 0.2) is 0 Å². The highest BCUT2D eigenvalue weighted by Crippen LogP contribution is 2.10. The lowest BCUT2D eigenvalue weighted by Crippen LogP contribution is -2.30. The average molecular weight is 334 g/mol. The van der Waals surface area contributed by atoms with Crippen LogP contribution in [0.1, 0.15) is 23.9 Å². The first-order valence-corrected chi connectivity index (χ1v) is 8.43. The summed E-state index contributed by atoms with van der Waals surface area (Å²) in [6.07, 6.45) is 0.725. The molecule has 0 radical (unpaired) electrons. The van der Waals surface area contributed by atoms with Gasteiger partial charge in [-0.3, -0.25) is 4.79 Å². The maximum absolute atomic E-state index is 12.3. The largest absolute Gasteiger partial charge is 0.350 e. The molecule has 0 bridgehead atoms. The van der Waals surface area contributed by atoms with Crippen molar-refractivity contribution in [2.24, 2.45) is 5.92 Å². The second kappa shape index (κ2) is 7.75. The van der Waals surface area contributed by atoms with Crippen LogP contribution in [0.2, 0.25) is 0 Å². The van der Waals surface area contributed by atoms with Gasteiger partial charge in [-0.15, -0.1) is 0 Å². The number of rotatable bonds is 6. The average Bonchev–Trinajstić information content (AvgIpc) is 3.02. The van der Waals surface area contributed by atoms with E-state index >= 15 is 0 Å². The molecule has 128 valence electrons. The van der Waals surface area contributed by atoms with Crippen LogP contribution in [0.25, 0.3) is 5.69 Å². The monoisotopic (exact) mass is 334 g/mol. The fraction of sp³-hybridized carbons (Fsp3) is 0.250. The minimum absolute atomic E-state index is 0.0255. The van der Waals surface area contributed by atoms with E-state index in [-0.39, 0.29) is 11.8 Å². The molecule has 0 saturated carbocycles. The zero-order valence-electron chi connectivity index (χ0n) is 14.5. The summed E-state index contributed by atoms with van der Waals surface area (Å²) in [7, 11) is 0. The fourth-order valence-electron chi connectivity index (χ4n) is 2.65. The third-order valence-corrected chi connectivity index (χ3v) is 4.13.